The smallest absolute Gasteiger partial charge is 0.264 e. The van der Waals surface area contributed by atoms with Crippen LogP contribution in [-0.4, -0.2) is 43.7 Å². The van der Waals surface area contributed by atoms with E-state index in [9.17, 15) is 8.42 Å². The topological polar surface area (TPSA) is 96.3 Å². The van der Waals surface area contributed by atoms with Crippen molar-refractivity contribution in [2.45, 2.75) is 10.6 Å². The van der Waals surface area contributed by atoms with Crippen molar-refractivity contribution in [1.29, 1.82) is 0 Å². The highest BCUT2D eigenvalue weighted by atomic mass is 32.2. The van der Waals surface area contributed by atoms with Gasteiger partial charge < -0.3 is 5.32 Å². The molecule has 128 valence electrons. The minimum atomic E-state index is -3.63. The zero-order valence-electron chi connectivity index (χ0n) is 13.2. The van der Waals surface area contributed by atoms with E-state index in [1.54, 1.807) is 48.6 Å². The molecule has 0 saturated carbocycles. The predicted octanol–water partition coefficient (Wildman–Crippen LogP) is 1.26. The molecule has 0 spiro atoms. The quantitative estimate of drug-likeness (QED) is 0.436. The molecule has 0 aliphatic carbocycles. The van der Waals surface area contributed by atoms with Gasteiger partial charge in [0.1, 0.15) is 0 Å². The molecule has 0 unspecified atom stereocenters. The monoisotopic (exact) mass is 365 g/mol. The third-order valence-corrected chi connectivity index (χ3v) is 5.26. The number of thioether (sulfide) groups is 1. The number of nitrogens with zero attached hydrogens (tertiary/aromatic N) is 3. The second-order valence-electron chi connectivity index (χ2n) is 4.67. The number of hydrogen-bond acceptors (Lipinski definition) is 6. The molecule has 0 fully saturated rings. The lowest BCUT2D eigenvalue weighted by Crippen LogP contribution is -2.41. The molecule has 2 N–H and O–H groups in total. The molecule has 24 heavy (non-hydrogen) atoms. The van der Waals surface area contributed by atoms with Gasteiger partial charge in [-0.3, -0.25) is 15.0 Å². The lowest BCUT2D eigenvalue weighted by atomic mass is 10.4. The number of guanidine groups is 1. The van der Waals surface area contributed by atoms with E-state index < -0.39 is 10.0 Å². The first-order chi connectivity index (χ1) is 11.6. The van der Waals surface area contributed by atoms with Gasteiger partial charge in [0.05, 0.1) is 10.6 Å². The number of nitrogens with one attached hydrogen (secondary N) is 2. The molecular formula is C15H19N5O2S2. The Morgan fingerprint density at radius 1 is 1.25 bits per heavy atom. The maximum Gasteiger partial charge on any atom is 0.264 e. The fraction of sp³-hybridized carbons (Fsp3) is 0.267. The van der Waals surface area contributed by atoms with Gasteiger partial charge in [-0.15, -0.1) is 0 Å². The highest BCUT2D eigenvalue weighted by Crippen LogP contribution is 2.08. The molecule has 1 aromatic carbocycles. The molecule has 2 rings (SSSR count). The summed E-state index contributed by atoms with van der Waals surface area (Å²) >= 11 is 1.68. The Labute approximate surface area is 146 Å². The van der Waals surface area contributed by atoms with Crippen LogP contribution < -0.4 is 10.0 Å². The van der Waals surface area contributed by atoms with Crippen LogP contribution in [0.1, 0.15) is 5.69 Å². The standard InChI is InChI=1S/C15H19N5O2S2/c1-16-15(20-24(21,22)14-5-3-2-4-6-14)19-9-10-23-12-13-11-17-7-8-18-13/h2-8,11H,9-10,12H2,1H3,(H2,16,19,20). The number of benzene rings is 1. The second kappa shape index (κ2) is 9.24. The van der Waals surface area contributed by atoms with Crippen LogP contribution in [0.4, 0.5) is 0 Å². The van der Waals surface area contributed by atoms with Gasteiger partial charge in [0, 0.05) is 43.7 Å². The van der Waals surface area contributed by atoms with E-state index in [1.807, 2.05) is 0 Å². The van der Waals surface area contributed by atoms with E-state index in [0.29, 0.717) is 6.54 Å². The molecule has 0 saturated heterocycles. The molecular weight excluding hydrogens is 346 g/mol. The summed E-state index contributed by atoms with van der Waals surface area (Å²) in [7, 11) is -2.10. The predicted molar refractivity (Wildman–Crippen MR) is 96.3 cm³/mol. The minimum absolute atomic E-state index is 0.199. The summed E-state index contributed by atoms with van der Waals surface area (Å²) in [6.45, 7) is 0.578. The highest BCUT2D eigenvalue weighted by molar-refractivity contribution is 7.98. The van der Waals surface area contributed by atoms with Gasteiger partial charge in [0.2, 0.25) is 5.96 Å². The van der Waals surface area contributed by atoms with E-state index in [1.165, 1.54) is 19.2 Å². The Morgan fingerprint density at radius 3 is 2.71 bits per heavy atom. The van der Waals surface area contributed by atoms with Crippen molar-refractivity contribution in [3.63, 3.8) is 0 Å². The first kappa shape index (κ1) is 18.2. The summed E-state index contributed by atoms with van der Waals surface area (Å²) in [5.74, 6) is 1.76. The molecule has 1 aromatic heterocycles. The van der Waals surface area contributed by atoms with Crippen molar-refractivity contribution < 1.29 is 8.42 Å². The zero-order valence-corrected chi connectivity index (χ0v) is 14.8. The van der Waals surface area contributed by atoms with Gasteiger partial charge in [0.25, 0.3) is 10.0 Å². The number of hydrogen-bond donors (Lipinski definition) is 2. The Morgan fingerprint density at radius 2 is 2.04 bits per heavy atom. The number of aliphatic imine (C=N–C) groups is 1. The SMILES string of the molecule is CN=C(NCCSCc1cnccn1)NS(=O)(=O)c1ccccc1. The van der Waals surface area contributed by atoms with Gasteiger partial charge in [-0.05, 0) is 12.1 Å². The van der Waals surface area contributed by atoms with Gasteiger partial charge in [-0.25, -0.2) is 13.1 Å². The van der Waals surface area contributed by atoms with Crippen molar-refractivity contribution in [2.75, 3.05) is 19.3 Å². The van der Waals surface area contributed by atoms with Gasteiger partial charge >= 0.3 is 0 Å². The zero-order chi connectivity index (χ0) is 17.3. The van der Waals surface area contributed by atoms with Crippen molar-refractivity contribution in [1.82, 2.24) is 20.0 Å². The van der Waals surface area contributed by atoms with Crippen LogP contribution in [0.15, 0.2) is 58.8 Å². The molecule has 1 heterocycles. The normalized spacial score (nSPS) is 12.0. The lowest BCUT2D eigenvalue weighted by molar-refractivity contribution is 0.591. The molecule has 0 atom stereocenters. The number of aromatic nitrogens is 2. The Hall–Kier alpha value is -2.13. The van der Waals surface area contributed by atoms with Gasteiger partial charge in [0.15, 0.2) is 0 Å². The van der Waals surface area contributed by atoms with E-state index in [-0.39, 0.29) is 10.9 Å². The van der Waals surface area contributed by atoms with Gasteiger partial charge in [-0.1, -0.05) is 18.2 Å². The summed E-state index contributed by atoms with van der Waals surface area (Å²) in [6.07, 6.45) is 5.03. The number of rotatable bonds is 7. The number of sulfonamides is 1. The summed E-state index contributed by atoms with van der Waals surface area (Å²) in [5, 5.41) is 2.98. The van der Waals surface area contributed by atoms with Gasteiger partial charge in [-0.2, -0.15) is 11.8 Å². The average molecular weight is 365 g/mol. The lowest BCUT2D eigenvalue weighted by Gasteiger charge is -2.12. The summed E-state index contributed by atoms with van der Waals surface area (Å²) in [6, 6.07) is 8.18. The maximum absolute atomic E-state index is 12.2. The minimum Gasteiger partial charge on any atom is -0.355 e. The largest absolute Gasteiger partial charge is 0.355 e. The van der Waals surface area contributed by atoms with E-state index in [2.05, 4.69) is 25.0 Å². The van der Waals surface area contributed by atoms with E-state index >= 15 is 0 Å². The third kappa shape index (κ3) is 5.82. The fourth-order valence-corrected chi connectivity index (χ4v) is 3.57. The van der Waals surface area contributed by atoms with Crippen LogP contribution in [0.3, 0.4) is 0 Å². The molecule has 0 aliphatic heterocycles. The molecule has 2 aromatic rings. The van der Waals surface area contributed by atoms with Crippen molar-refractivity contribution >= 4 is 27.7 Å². The molecule has 7 nitrogen and oxygen atoms in total. The summed E-state index contributed by atoms with van der Waals surface area (Å²) in [4.78, 5) is 12.3. The van der Waals surface area contributed by atoms with Crippen molar-refractivity contribution in [3.8, 4) is 0 Å². The molecule has 0 radical (unpaired) electrons. The first-order valence-corrected chi connectivity index (χ1v) is 9.87. The Kier molecular flexibility index (Phi) is 7.01. The fourth-order valence-electron chi connectivity index (χ4n) is 1.77. The highest BCUT2D eigenvalue weighted by Gasteiger charge is 2.15. The van der Waals surface area contributed by atoms with Crippen molar-refractivity contribution in [2.24, 2.45) is 4.99 Å². The third-order valence-electron chi connectivity index (χ3n) is 2.91. The summed E-state index contributed by atoms with van der Waals surface area (Å²) < 4.78 is 26.9. The Balaban J connectivity index is 1.77. The van der Waals surface area contributed by atoms with Crippen LogP contribution in [0.25, 0.3) is 0 Å². The molecule has 0 bridgehead atoms. The van der Waals surface area contributed by atoms with E-state index in [4.69, 9.17) is 0 Å². The Bertz CT molecular complexity index is 752. The average Bonchev–Trinajstić information content (AvgIpc) is 2.62. The van der Waals surface area contributed by atoms with Crippen LogP contribution in [-0.2, 0) is 15.8 Å². The molecule has 0 amide bonds. The first-order valence-electron chi connectivity index (χ1n) is 7.23. The van der Waals surface area contributed by atoms with E-state index in [0.717, 1.165) is 17.2 Å². The van der Waals surface area contributed by atoms with Crippen LogP contribution in [0.5, 0.6) is 0 Å². The van der Waals surface area contributed by atoms with Crippen LogP contribution >= 0.6 is 11.8 Å². The van der Waals surface area contributed by atoms with Crippen molar-refractivity contribution in [3.05, 3.63) is 54.6 Å². The molecule has 9 heteroatoms. The summed E-state index contributed by atoms with van der Waals surface area (Å²) in [5.41, 5.74) is 0.914. The second-order valence-corrected chi connectivity index (χ2v) is 7.45. The molecule has 0 aliphatic rings. The van der Waals surface area contributed by atoms with Crippen LogP contribution in [0.2, 0.25) is 0 Å². The maximum atomic E-state index is 12.2. The van der Waals surface area contributed by atoms with Crippen LogP contribution in [0, 0.1) is 0 Å².